The molecule has 0 aliphatic carbocycles. The molecule has 0 fully saturated rings. The Hall–Kier alpha value is -0.920. The van der Waals surface area contributed by atoms with E-state index in [0.717, 1.165) is 0 Å². The Morgan fingerprint density at radius 2 is 1.57 bits per heavy atom. The van der Waals surface area contributed by atoms with Crippen LogP contribution in [0.1, 0.15) is 5.56 Å². The lowest BCUT2D eigenvalue weighted by atomic mass is 10.2. The van der Waals surface area contributed by atoms with Crippen LogP contribution in [-0.4, -0.2) is 16.8 Å². The summed E-state index contributed by atoms with van der Waals surface area (Å²) in [7, 11) is -8.24. The van der Waals surface area contributed by atoms with Gasteiger partial charge in [-0.2, -0.15) is 16.8 Å². The van der Waals surface area contributed by atoms with Gasteiger partial charge in [0.2, 0.25) is 0 Å². The van der Waals surface area contributed by atoms with E-state index < -0.39 is 20.2 Å². The number of fused-ring (bicyclic) bond motifs is 1. The molecule has 1 heterocycles. The van der Waals surface area contributed by atoms with Crippen molar-refractivity contribution >= 4 is 20.2 Å². The largest absolute Gasteiger partial charge is 0.313 e. The van der Waals surface area contributed by atoms with E-state index in [1.807, 2.05) is 0 Å². The quantitative estimate of drug-likeness (QED) is 0.649. The summed E-state index contributed by atoms with van der Waals surface area (Å²) in [6.07, 6.45) is 0. The predicted molar refractivity (Wildman–Crippen MR) is 46.6 cm³/mol. The van der Waals surface area contributed by atoms with E-state index in [9.17, 15) is 16.8 Å². The zero-order valence-corrected chi connectivity index (χ0v) is 8.72. The minimum absolute atomic E-state index is 0.280. The Balaban J connectivity index is 2.93. The molecule has 0 spiro atoms. The van der Waals surface area contributed by atoms with E-state index >= 15 is 0 Å². The molecule has 2 rings (SSSR count). The molecule has 76 valence electrons. The highest BCUT2D eigenvalue weighted by atomic mass is 32.3. The SMILES string of the molecule is Cc1ccc2c(c1)S(=O)(=O)OS2(=O)=O. The second-order valence-corrected chi connectivity index (χ2v) is 6.17. The fraction of sp³-hybridized carbons (Fsp3) is 0.143. The maximum atomic E-state index is 11.2. The van der Waals surface area contributed by atoms with Gasteiger partial charge in [0.1, 0.15) is 9.79 Å². The molecular formula is C7H6O5S2. The van der Waals surface area contributed by atoms with Gasteiger partial charge in [-0.25, -0.2) is 0 Å². The fourth-order valence-corrected chi connectivity index (χ4v) is 4.54. The van der Waals surface area contributed by atoms with Crippen molar-refractivity contribution in [2.24, 2.45) is 0 Å². The maximum Gasteiger partial charge on any atom is 0.313 e. The standard InChI is InChI=1S/C7H6O5S2/c1-5-2-3-6-7(4-5)14(10,11)12-13(6,8)9/h2-4H,1H3. The molecule has 7 heteroatoms. The summed E-state index contributed by atoms with van der Waals surface area (Å²) in [5.41, 5.74) is 0.660. The van der Waals surface area contributed by atoms with E-state index in [2.05, 4.69) is 3.63 Å². The van der Waals surface area contributed by atoms with Crippen LogP contribution in [0.3, 0.4) is 0 Å². The van der Waals surface area contributed by atoms with Crippen molar-refractivity contribution in [3.63, 3.8) is 0 Å². The fourth-order valence-electron chi connectivity index (χ4n) is 1.21. The van der Waals surface area contributed by atoms with Gasteiger partial charge in [-0.15, -0.1) is 3.63 Å². The van der Waals surface area contributed by atoms with Gasteiger partial charge in [0.05, 0.1) is 0 Å². The summed E-state index contributed by atoms with van der Waals surface area (Å²) in [6.45, 7) is 1.67. The molecule has 0 N–H and O–H groups in total. The van der Waals surface area contributed by atoms with E-state index in [4.69, 9.17) is 0 Å². The predicted octanol–water partition coefficient (Wildman–Crippen LogP) is 0.403. The molecule has 0 amide bonds. The first-order chi connectivity index (χ1) is 6.33. The first-order valence-corrected chi connectivity index (χ1v) is 6.46. The van der Waals surface area contributed by atoms with Crippen molar-refractivity contribution in [2.45, 2.75) is 16.7 Å². The monoisotopic (exact) mass is 234 g/mol. The number of rotatable bonds is 0. The average Bonchev–Trinajstić information content (AvgIpc) is 2.17. The number of hydrogen-bond acceptors (Lipinski definition) is 5. The Labute approximate surface area is 81.6 Å². The molecule has 0 saturated heterocycles. The van der Waals surface area contributed by atoms with Crippen molar-refractivity contribution in [1.82, 2.24) is 0 Å². The lowest BCUT2D eigenvalue weighted by Gasteiger charge is -1.94. The van der Waals surface area contributed by atoms with Gasteiger partial charge in [0.15, 0.2) is 0 Å². The van der Waals surface area contributed by atoms with Crippen LogP contribution in [0.15, 0.2) is 28.0 Å². The van der Waals surface area contributed by atoms with E-state index in [0.29, 0.717) is 5.56 Å². The number of hydrogen-bond donors (Lipinski definition) is 0. The van der Waals surface area contributed by atoms with Crippen LogP contribution >= 0.6 is 0 Å². The third kappa shape index (κ3) is 1.24. The summed E-state index contributed by atoms with van der Waals surface area (Å²) in [5.74, 6) is 0. The van der Waals surface area contributed by atoms with Crippen LogP contribution in [0.25, 0.3) is 0 Å². The van der Waals surface area contributed by atoms with Crippen LogP contribution in [0.4, 0.5) is 0 Å². The summed E-state index contributed by atoms with van der Waals surface area (Å²) < 4.78 is 48.8. The van der Waals surface area contributed by atoms with Crippen molar-refractivity contribution < 1.29 is 20.5 Å². The third-order valence-corrected chi connectivity index (χ3v) is 5.15. The minimum atomic E-state index is -4.12. The molecular weight excluding hydrogens is 228 g/mol. The smallest absolute Gasteiger partial charge is 0.193 e. The molecule has 5 nitrogen and oxygen atoms in total. The molecule has 1 aromatic rings. The third-order valence-electron chi connectivity index (χ3n) is 1.82. The number of benzene rings is 1. The second kappa shape index (κ2) is 2.56. The molecule has 1 aliphatic heterocycles. The average molecular weight is 234 g/mol. The topological polar surface area (TPSA) is 77.5 Å². The normalized spacial score (nSPS) is 21.8. The summed E-state index contributed by atoms with van der Waals surface area (Å²) in [6, 6.07) is 4.01. The Bertz CT molecular complexity index is 597. The molecule has 0 bridgehead atoms. The van der Waals surface area contributed by atoms with Gasteiger partial charge in [-0.1, -0.05) is 6.07 Å². The van der Waals surface area contributed by atoms with Crippen molar-refractivity contribution in [3.05, 3.63) is 23.8 Å². The minimum Gasteiger partial charge on any atom is -0.193 e. The lowest BCUT2D eigenvalue weighted by molar-refractivity contribution is 0.475. The molecule has 0 unspecified atom stereocenters. The summed E-state index contributed by atoms with van der Waals surface area (Å²) in [4.78, 5) is -0.569. The van der Waals surface area contributed by atoms with Gasteiger partial charge in [-0.05, 0) is 24.6 Å². The van der Waals surface area contributed by atoms with Crippen LogP contribution in [0, 0.1) is 6.92 Å². The highest BCUT2D eigenvalue weighted by molar-refractivity contribution is 8.02. The van der Waals surface area contributed by atoms with Crippen LogP contribution in [0.5, 0.6) is 0 Å². The zero-order valence-electron chi connectivity index (χ0n) is 7.09. The molecule has 1 aromatic carbocycles. The molecule has 14 heavy (non-hydrogen) atoms. The van der Waals surface area contributed by atoms with E-state index in [1.54, 1.807) is 6.92 Å². The number of aryl methyl sites for hydroxylation is 1. The maximum absolute atomic E-state index is 11.2. The first kappa shape index (κ1) is 9.63. The van der Waals surface area contributed by atoms with E-state index in [1.165, 1.54) is 18.2 Å². The Morgan fingerprint density at radius 1 is 1.00 bits per heavy atom. The van der Waals surface area contributed by atoms with Crippen LogP contribution in [-0.2, 0) is 23.9 Å². The summed E-state index contributed by atoms with van der Waals surface area (Å²) >= 11 is 0. The molecule has 1 aliphatic rings. The molecule has 0 atom stereocenters. The van der Waals surface area contributed by atoms with Crippen molar-refractivity contribution in [3.8, 4) is 0 Å². The van der Waals surface area contributed by atoms with E-state index in [-0.39, 0.29) is 9.79 Å². The van der Waals surface area contributed by atoms with Gasteiger partial charge < -0.3 is 0 Å². The van der Waals surface area contributed by atoms with Gasteiger partial charge in [0, 0.05) is 0 Å². The summed E-state index contributed by atoms with van der Waals surface area (Å²) in [5, 5.41) is 0. The van der Waals surface area contributed by atoms with Gasteiger partial charge in [-0.3, -0.25) is 0 Å². The molecule has 0 saturated carbocycles. The second-order valence-electron chi connectivity index (χ2n) is 2.93. The Morgan fingerprint density at radius 3 is 2.21 bits per heavy atom. The van der Waals surface area contributed by atoms with Crippen molar-refractivity contribution in [2.75, 3.05) is 0 Å². The lowest BCUT2D eigenvalue weighted by Crippen LogP contribution is -2.01. The zero-order chi connectivity index (χ0) is 10.6. The highest BCUT2D eigenvalue weighted by Gasteiger charge is 2.40. The molecule has 0 radical (unpaired) electrons. The van der Waals surface area contributed by atoms with Gasteiger partial charge >= 0.3 is 20.2 Å². The van der Waals surface area contributed by atoms with Crippen LogP contribution < -0.4 is 0 Å². The first-order valence-electron chi connectivity index (χ1n) is 3.65. The van der Waals surface area contributed by atoms with Gasteiger partial charge in [0.25, 0.3) is 0 Å². The Kier molecular flexibility index (Phi) is 1.76. The van der Waals surface area contributed by atoms with Crippen molar-refractivity contribution in [1.29, 1.82) is 0 Å². The van der Waals surface area contributed by atoms with Crippen LogP contribution in [0.2, 0.25) is 0 Å². The molecule has 0 aromatic heterocycles. The highest BCUT2D eigenvalue weighted by Crippen LogP contribution is 2.33.